The molecule has 0 amide bonds. The summed E-state index contributed by atoms with van der Waals surface area (Å²) in [6, 6.07) is 13.4. The number of hydrogen-bond acceptors (Lipinski definition) is 5. The molecule has 1 aliphatic rings. The molecule has 0 bridgehead atoms. The molecule has 1 aliphatic heterocycles. The van der Waals surface area contributed by atoms with Crippen LogP contribution in [-0.4, -0.2) is 43.7 Å². The van der Waals surface area contributed by atoms with Gasteiger partial charge in [0.15, 0.2) is 6.29 Å². The number of benzene rings is 2. The number of morpholine rings is 1. The number of anilines is 2. The molecular formula is C23H28N2O3. The van der Waals surface area contributed by atoms with Gasteiger partial charge < -0.3 is 19.6 Å². The smallest absolute Gasteiger partial charge is 0.150 e. The lowest BCUT2D eigenvalue weighted by molar-refractivity contribution is -0.00521. The zero-order valence-electron chi connectivity index (χ0n) is 16.9. The van der Waals surface area contributed by atoms with E-state index >= 15 is 0 Å². The lowest BCUT2D eigenvalue weighted by atomic mass is 10.0. The molecule has 5 heteroatoms. The molecule has 148 valence electrons. The monoisotopic (exact) mass is 380 g/mol. The number of rotatable bonds is 5. The summed E-state index contributed by atoms with van der Waals surface area (Å²) in [6.45, 7) is 7.87. The molecule has 3 rings (SSSR count). The SMILES string of the molecule is C/C(=C/N(C)c1ccc(N2CC(C)OC(C)C2)cc1)c1c(O)cccc1C=O. The molecule has 2 atom stereocenters. The molecule has 0 aliphatic carbocycles. The number of carbonyl (C=O) groups excluding carboxylic acids is 1. The number of aldehydes is 1. The number of nitrogens with zero attached hydrogens (tertiary/aromatic N) is 2. The Balaban J connectivity index is 1.79. The van der Waals surface area contributed by atoms with Gasteiger partial charge in [0.25, 0.3) is 0 Å². The van der Waals surface area contributed by atoms with E-state index in [9.17, 15) is 9.90 Å². The zero-order valence-corrected chi connectivity index (χ0v) is 16.9. The third-order valence-corrected chi connectivity index (χ3v) is 5.03. The van der Waals surface area contributed by atoms with Gasteiger partial charge in [0.1, 0.15) is 5.75 Å². The standard InChI is InChI=1S/C23H28N2O3/c1-16(23-19(15-26)6-5-7-22(23)27)12-24(4)20-8-10-21(11-9-20)25-13-17(2)28-18(3)14-25/h5-12,15,17-18,27H,13-14H2,1-4H3/b16-12-. The van der Waals surface area contributed by atoms with Gasteiger partial charge in [0, 0.05) is 48.8 Å². The molecule has 0 saturated carbocycles. The van der Waals surface area contributed by atoms with E-state index in [1.807, 2.05) is 25.1 Å². The summed E-state index contributed by atoms with van der Waals surface area (Å²) in [5.41, 5.74) is 4.08. The highest BCUT2D eigenvalue weighted by Gasteiger charge is 2.22. The Morgan fingerprint density at radius 1 is 1.14 bits per heavy atom. The van der Waals surface area contributed by atoms with Crippen molar-refractivity contribution in [3.05, 3.63) is 59.8 Å². The van der Waals surface area contributed by atoms with E-state index in [0.29, 0.717) is 11.1 Å². The fourth-order valence-corrected chi connectivity index (χ4v) is 3.80. The van der Waals surface area contributed by atoms with Crippen LogP contribution in [0.4, 0.5) is 11.4 Å². The van der Waals surface area contributed by atoms with Gasteiger partial charge in [0.2, 0.25) is 0 Å². The minimum absolute atomic E-state index is 0.109. The number of carbonyl (C=O) groups is 1. The molecular weight excluding hydrogens is 352 g/mol. The highest BCUT2D eigenvalue weighted by molar-refractivity contribution is 5.88. The molecule has 2 aromatic rings. The second kappa shape index (κ2) is 8.48. The van der Waals surface area contributed by atoms with E-state index in [1.165, 1.54) is 5.69 Å². The van der Waals surface area contributed by atoms with Crippen molar-refractivity contribution in [1.29, 1.82) is 0 Å². The number of allylic oxidation sites excluding steroid dienone is 1. The van der Waals surface area contributed by atoms with E-state index in [1.54, 1.807) is 18.2 Å². The van der Waals surface area contributed by atoms with Crippen LogP contribution >= 0.6 is 0 Å². The lowest BCUT2D eigenvalue weighted by Crippen LogP contribution is -2.45. The van der Waals surface area contributed by atoms with Crippen molar-refractivity contribution >= 4 is 23.2 Å². The highest BCUT2D eigenvalue weighted by atomic mass is 16.5. The molecule has 0 spiro atoms. The van der Waals surface area contributed by atoms with Gasteiger partial charge >= 0.3 is 0 Å². The number of phenols is 1. The van der Waals surface area contributed by atoms with E-state index in [0.717, 1.165) is 30.6 Å². The van der Waals surface area contributed by atoms with E-state index < -0.39 is 0 Å². The van der Waals surface area contributed by atoms with Gasteiger partial charge in [0.05, 0.1) is 12.2 Å². The third-order valence-electron chi connectivity index (χ3n) is 5.03. The van der Waals surface area contributed by atoms with Crippen LogP contribution in [0.25, 0.3) is 5.57 Å². The maximum atomic E-state index is 11.3. The van der Waals surface area contributed by atoms with Crippen molar-refractivity contribution in [3.63, 3.8) is 0 Å². The summed E-state index contributed by atoms with van der Waals surface area (Å²) >= 11 is 0. The second-order valence-electron chi connectivity index (χ2n) is 7.46. The lowest BCUT2D eigenvalue weighted by Gasteiger charge is -2.37. The Morgan fingerprint density at radius 3 is 2.39 bits per heavy atom. The van der Waals surface area contributed by atoms with Gasteiger partial charge in [-0.3, -0.25) is 4.79 Å². The fourth-order valence-electron chi connectivity index (χ4n) is 3.80. The van der Waals surface area contributed by atoms with Crippen molar-refractivity contribution in [1.82, 2.24) is 0 Å². The van der Waals surface area contributed by atoms with Gasteiger partial charge in [-0.15, -0.1) is 0 Å². The molecule has 0 radical (unpaired) electrons. The topological polar surface area (TPSA) is 53.0 Å². The van der Waals surface area contributed by atoms with Crippen LogP contribution in [0.15, 0.2) is 48.7 Å². The van der Waals surface area contributed by atoms with E-state index in [4.69, 9.17) is 4.74 Å². The average Bonchev–Trinajstić information content (AvgIpc) is 2.66. The molecule has 2 aromatic carbocycles. The van der Waals surface area contributed by atoms with Crippen LogP contribution in [0.2, 0.25) is 0 Å². The Bertz CT molecular complexity index is 851. The minimum atomic E-state index is 0.109. The van der Waals surface area contributed by atoms with Crippen LogP contribution in [0.3, 0.4) is 0 Å². The van der Waals surface area contributed by atoms with Gasteiger partial charge in [-0.05, 0) is 56.7 Å². The van der Waals surface area contributed by atoms with Crippen LogP contribution in [-0.2, 0) is 4.74 Å². The van der Waals surface area contributed by atoms with Crippen LogP contribution in [0.1, 0.15) is 36.7 Å². The second-order valence-corrected chi connectivity index (χ2v) is 7.46. The normalized spacial score (nSPS) is 20.1. The van der Waals surface area contributed by atoms with E-state index in [-0.39, 0.29) is 18.0 Å². The predicted molar refractivity (Wildman–Crippen MR) is 114 cm³/mol. The molecule has 1 saturated heterocycles. The van der Waals surface area contributed by atoms with Crippen molar-refractivity contribution < 1.29 is 14.6 Å². The summed E-state index contributed by atoms with van der Waals surface area (Å²) < 4.78 is 5.81. The summed E-state index contributed by atoms with van der Waals surface area (Å²) in [4.78, 5) is 15.6. The Labute approximate surface area is 166 Å². The predicted octanol–water partition coefficient (Wildman–Crippen LogP) is 4.32. The molecule has 28 heavy (non-hydrogen) atoms. The van der Waals surface area contributed by atoms with Crippen LogP contribution in [0.5, 0.6) is 5.75 Å². The summed E-state index contributed by atoms with van der Waals surface area (Å²) in [7, 11) is 1.96. The summed E-state index contributed by atoms with van der Waals surface area (Å²) in [5, 5.41) is 10.2. The first-order chi connectivity index (χ1) is 13.4. The number of phenolic OH excluding ortho intramolecular Hbond substituents is 1. The Hall–Kier alpha value is -2.79. The van der Waals surface area contributed by atoms with Crippen molar-refractivity contribution in [2.45, 2.75) is 33.0 Å². The van der Waals surface area contributed by atoms with Gasteiger partial charge in [-0.1, -0.05) is 12.1 Å². The fraction of sp³-hybridized carbons (Fsp3) is 0.348. The van der Waals surface area contributed by atoms with Gasteiger partial charge in [-0.25, -0.2) is 0 Å². The van der Waals surface area contributed by atoms with E-state index in [2.05, 4.69) is 43.0 Å². The molecule has 1 heterocycles. The first kappa shape index (κ1) is 20.0. The van der Waals surface area contributed by atoms with Gasteiger partial charge in [-0.2, -0.15) is 0 Å². The first-order valence-electron chi connectivity index (χ1n) is 9.58. The quantitative estimate of drug-likeness (QED) is 0.783. The molecule has 2 unspecified atom stereocenters. The van der Waals surface area contributed by atoms with Crippen molar-refractivity contribution in [2.75, 3.05) is 29.9 Å². The minimum Gasteiger partial charge on any atom is -0.507 e. The number of aromatic hydroxyl groups is 1. The number of ether oxygens (including phenoxy) is 1. The zero-order chi connectivity index (χ0) is 20.3. The van der Waals surface area contributed by atoms with Crippen molar-refractivity contribution in [3.8, 4) is 5.75 Å². The largest absolute Gasteiger partial charge is 0.507 e. The van der Waals surface area contributed by atoms with Crippen molar-refractivity contribution in [2.24, 2.45) is 0 Å². The highest BCUT2D eigenvalue weighted by Crippen LogP contribution is 2.29. The maximum absolute atomic E-state index is 11.3. The Morgan fingerprint density at radius 2 is 1.79 bits per heavy atom. The maximum Gasteiger partial charge on any atom is 0.150 e. The molecule has 1 N–H and O–H groups in total. The molecule has 0 aromatic heterocycles. The first-order valence-corrected chi connectivity index (χ1v) is 9.58. The van der Waals surface area contributed by atoms with Crippen LogP contribution in [0, 0.1) is 0 Å². The van der Waals surface area contributed by atoms with Crippen LogP contribution < -0.4 is 9.80 Å². The third kappa shape index (κ3) is 4.37. The number of hydrogen-bond donors (Lipinski definition) is 1. The molecule has 5 nitrogen and oxygen atoms in total. The molecule has 1 fully saturated rings. The Kier molecular flexibility index (Phi) is 6.05. The summed E-state index contributed by atoms with van der Waals surface area (Å²) in [5.74, 6) is 0.109. The summed E-state index contributed by atoms with van der Waals surface area (Å²) in [6.07, 6.45) is 3.14. The average molecular weight is 380 g/mol.